The van der Waals surface area contributed by atoms with E-state index >= 15 is 0 Å². The van der Waals surface area contributed by atoms with Crippen LogP contribution >= 0.6 is 11.6 Å². The molecule has 0 aliphatic carbocycles. The van der Waals surface area contributed by atoms with Gasteiger partial charge in [-0.05, 0) is 41.8 Å². The number of nitrogens with zero attached hydrogens (tertiary/aromatic N) is 1. The average Bonchev–Trinajstić information content (AvgIpc) is 3.03. The summed E-state index contributed by atoms with van der Waals surface area (Å²) < 4.78 is 5.57. The minimum absolute atomic E-state index is 0.0169. The van der Waals surface area contributed by atoms with Gasteiger partial charge in [-0.2, -0.15) is 0 Å². The fraction of sp³-hybridized carbons (Fsp3) is 0.360. The van der Waals surface area contributed by atoms with E-state index in [0.717, 1.165) is 19.4 Å². The van der Waals surface area contributed by atoms with Crippen LogP contribution in [0.5, 0.6) is 5.75 Å². The van der Waals surface area contributed by atoms with Crippen LogP contribution in [0.2, 0.25) is 5.02 Å². The van der Waals surface area contributed by atoms with Gasteiger partial charge in [0.2, 0.25) is 5.78 Å². The van der Waals surface area contributed by atoms with Gasteiger partial charge >= 0.3 is 0 Å². The van der Waals surface area contributed by atoms with E-state index in [0.29, 0.717) is 35.1 Å². The Hall–Kier alpha value is -2.83. The van der Waals surface area contributed by atoms with Crippen LogP contribution in [0.15, 0.2) is 54.1 Å². The topological polar surface area (TPSA) is 74.1 Å². The third-order valence-electron chi connectivity index (χ3n) is 5.38. The van der Waals surface area contributed by atoms with Crippen LogP contribution in [0, 0.1) is 0 Å². The Morgan fingerprint density at radius 3 is 2.34 bits per heavy atom. The van der Waals surface area contributed by atoms with Crippen LogP contribution in [-0.4, -0.2) is 50.4 Å². The van der Waals surface area contributed by atoms with Gasteiger partial charge in [0.25, 0.3) is 5.91 Å². The molecule has 1 atom stereocenters. The highest BCUT2D eigenvalue weighted by molar-refractivity contribution is 6.46. The summed E-state index contributed by atoms with van der Waals surface area (Å²) in [5.41, 5.74) is 1.03. The maximum absolute atomic E-state index is 13.4. The Balaban J connectivity index is 2.01. The maximum atomic E-state index is 13.4. The number of ketones is 1. The standard InChI is InChI=1S/C25H29ClN2O4/c1-4-16-32-20-12-8-18(9-13-20)23(29)21-22(17-6-10-19(26)11-7-17)28(25(31)24(21)30)15-5-14-27(2)3/h6-13,22,29H,4-5,14-16H2,1-3H3. The number of hydrogen-bond donors (Lipinski definition) is 1. The molecule has 2 aromatic rings. The molecular weight excluding hydrogens is 428 g/mol. The van der Waals surface area contributed by atoms with Crippen LogP contribution in [-0.2, 0) is 9.59 Å². The van der Waals surface area contributed by atoms with E-state index in [2.05, 4.69) is 0 Å². The SMILES string of the molecule is CCCOc1ccc(C([O-])=C2C(=O)C(=O)N(CCC[NH+](C)C)C2c2ccc(Cl)cc2)cc1. The van der Waals surface area contributed by atoms with Crippen molar-refractivity contribution in [3.8, 4) is 5.75 Å². The molecule has 1 amide bonds. The minimum Gasteiger partial charge on any atom is -0.872 e. The summed E-state index contributed by atoms with van der Waals surface area (Å²) in [4.78, 5) is 28.6. The molecule has 7 heteroatoms. The van der Waals surface area contributed by atoms with Crippen LogP contribution in [0.1, 0.15) is 36.9 Å². The van der Waals surface area contributed by atoms with E-state index in [4.69, 9.17) is 16.3 Å². The second kappa shape index (κ2) is 10.7. The van der Waals surface area contributed by atoms with Crippen molar-refractivity contribution in [3.63, 3.8) is 0 Å². The van der Waals surface area contributed by atoms with Crippen molar-refractivity contribution in [2.45, 2.75) is 25.8 Å². The summed E-state index contributed by atoms with van der Waals surface area (Å²) in [6.45, 7) is 3.83. The highest BCUT2D eigenvalue weighted by Crippen LogP contribution is 2.39. The number of ether oxygens (including phenoxy) is 1. The zero-order valence-electron chi connectivity index (χ0n) is 18.7. The van der Waals surface area contributed by atoms with Crippen molar-refractivity contribution in [2.24, 2.45) is 0 Å². The van der Waals surface area contributed by atoms with E-state index in [1.165, 1.54) is 9.80 Å². The fourth-order valence-corrected chi connectivity index (χ4v) is 3.90. The summed E-state index contributed by atoms with van der Waals surface area (Å²) in [5, 5.41) is 13.9. The number of hydrogen-bond acceptors (Lipinski definition) is 4. The molecule has 1 N–H and O–H groups in total. The molecule has 1 aliphatic rings. The van der Waals surface area contributed by atoms with E-state index in [-0.39, 0.29) is 5.57 Å². The summed E-state index contributed by atoms with van der Waals surface area (Å²) in [5.74, 6) is -1.15. The number of benzene rings is 2. The zero-order valence-corrected chi connectivity index (χ0v) is 19.4. The minimum atomic E-state index is -0.738. The van der Waals surface area contributed by atoms with Crippen LogP contribution in [0.4, 0.5) is 0 Å². The predicted octanol–water partition coefficient (Wildman–Crippen LogP) is 1.89. The van der Waals surface area contributed by atoms with E-state index in [9.17, 15) is 14.7 Å². The Bertz CT molecular complexity index is 984. The van der Waals surface area contributed by atoms with E-state index in [1.807, 2.05) is 21.0 Å². The highest BCUT2D eigenvalue weighted by atomic mass is 35.5. The van der Waals surface area contributed by atoms with Crippen molar-refractivity contribution >= 4 is 29.1 Å². The summed E-state index contributed by atoms with van der Waals surface area (Å²) >= 11 is 6.04. The van der Waals surface area contributed by atoms with Gasteiger partial charge in [0.1, 0.15) is 5.75 Å². The number of rotatable bonds is 9. The van der Waals surface area contributed by atoms with Crippen LogP contribution in [0.25, 0.3) is 5.76 Å². The molecular formula is C25H29ClN2O4. The molecule has 0 radical (unpaired) electrons. The molecule has 1 saturated heterocycles. The second-order valence-electron chi connectivity index (χ2n) is 8.21. The number of carbonyl (C=O) groups is 2. The Kier molecular flexibility index (Phi) is 7.94. The first-order chi connectivity index (χ1) is 15.3. The number of likely N-dealkylation sites (tertiary alicyclic amines) is 1. The molecule has 3 rings (SSSR count). The lowest BCUT2D eigenvalue weighted by Crippen LogP contribution is -3.05. The predicted molar refractivity (Wildman–Crippen MR) is 122 cm³/mol. The van der Waals surface area contributed by atoms with Crippen molar-refractivity contribution < 1.29 is 24.3 Å². The maximum Gasteiger partial charge on any atom is 0.295 e. The quantitative estimate of drug-likeness (QED) is 0.355. The lowest BCUT2D eigenvalue weighted by atomic mass is 9.95. The zero-order chi connectivity index (χ0) is 23.3. The normalized spacial score (nSPS) is 17.9. The molecule has 2 aromatic carbocycles. The number of amides is 1. The molecule has 32 heavy (non-hydrogen) atoms. The fourth-order valence-electron chi connectivity index (χ4n) is 3.77. The molecule has 6 nitrogen and oxygen atoms in total. The second-order valence-corrected chi connectivity index (χ2v) is 8.64. The number of quaternary nitrogens is 1. The number of carbonyl (C=O) groups excluding carboxylic acids is 2. The third-order valence-corrected chi connectivity index (χ3v) is 5.63. The van der Waals surface area contributed by atoms with Crippen molar-refractivity contribution in [1.82, 2.24) is 4.90 Å². The first-order valence-corrected chi connectivity index (χ1v) is 11.3. The van der Waals surface area contributed by atoms with Crippen LogP contribution < -0.4 is 14.7 Å². The molecule has 1 aliphatic heterocycles. The molecule has 1 unspecified atom stereocenters. The summed E-state index contributed by atoms with van der Waals surface area (Å²) in [6, 6.07) is 12.9. The lowest BCUT2D eigenvalue weighted by molar-refractivity contribution is -0.858. The highest BCUT2D eigenvalue weighted by Gasteiger charge is 2.43. The number of Topliss-reactive ketones (excluding diaryl/α,β-unsaturated/α-hetero) is 1. The van der Waals surface area contributed by atoms with Crippen LogP contribution in [0.3, 0.4) is 0 Å². The Morgan fingerprint density at radius 1 is 1.09 bits per heavy atom. The smallest absolute Gasteiger partial charge is 0.295 e. The Labute approximate surface area is 194 Å². The van der Waals surface area contributed by atoms with Gasteiger partial charge < -0.3 is 19.6 Å². The molecule has 1 fully saturated rings. The van der Waals surface area contributed by atoms with Gasteiger partial charge in [-0.3, -0.25) is 9.59 Å². The first kappa shape index (κ1) is 23.8. The third kappa shape index (κ3) is 5.31. The molecule has 0 saturated carbocycles. The molecule has 170 valence electrons. The van der Waals surface area contributed by atoms with Crippen molar-refractivity contribution in [1.29, 1.82) is 0 Å². The Morgan fingerprint density at radius 2 is 1.75 bits per heavy atom. The molecule has 0 bridgehead atoms. The molecule has 1 heterocycles. The van der Waals surface area contributed by atoms with Gasteiger partial charge in [0, 0.05) is 23.6 Å². The van der Waals surface area contributed by atoms with E-state index in [1.54, 1.807) is 48.5 Å². The molecule has 0 aromatic heterocycles. The van der Waals surface area contributed by atoms with Crippen molar-refractivity contribution in [2.75, 3.05) is 33.8 Å². The largest absolute Gasteiger partial charge is 0.872 e. The van der Waals surface area contributed by atoms with Crippen molar-refractivity contribution in [3.05, 3.63) is 70.3 Å². The number of halogens is 1. The average molecular weight is 457 g/mol. The molecule has 0 spiro atoms. The summed E-state index contributed by atoms with van der Waals surface area (Å²) in [7, 11) is 4.06. The monoisotopic (exact) mass is 456 g/mol. The van der Waals surface area contributed by atoms with E-state index < -0.39 is 23.5 Å². The van der Waals surface area contributed by atoms with Gasteiger partial charge in [-0.25, -0.2) is 0 Å². The van der Waals surface area contributed by atoms with Gasteiger partial charge in [-0.1, -0.05) is 48.5 Å². The lowest BCUT2D eigenvalue weighted by Gasteiger charge is -2.27. The van der Waals surface area contributed by atoms with Gasteiger partial charge in [0.15, 0.2) is 0 Å². The van der Waals surface area contributed by atoms with Gasteiger partial charge in [-0.15, -0.1) is 0 Å². The van der Waals surface area contributed by atoms with Gasteiger partial charge in [0.05, 0.1) is 33.3 Å². The first-order valence-electron chi connectivity index (χ1n) is 10.9. The summed E-state index contributed by atoms with van der Waals surface area (Å²) in [6.07, 6.45) is 1.60. The number of nitrogens with one attached hydrogen (secondary N) is 1.